The van der Waals surface area contributed by atoms with Gasteiger partial charge >= 0.3 is 0 Å². The van der Waals surface area contributed by atoms with Crippen LogP contribution >= 0.6 is 0 Å². The fourth-order valence-corrected chi connectivity index (χ4v) is 3.01. The van der Waals surface area contributed by atoms with Gasteiger partial charge in [0.1, 0.15) is 0 Å². The minimum atomic E-state index is -0.0243. The Bertz CT molecular complexity index is 649. The first-order chi connectivity index (χ1) is 10.2. The first-order valence-corrected chi connectivity index (χ1v) is 7.36. The fourth-order valence-electron chi connectivity index (χ4n) is 3.01. The van der Waals surface area contributed by atoms with Crippen molar-refractivity contribution in [1.82, 2.24) is 4.90 Å². The van der Waals surface area contributed by atoms with E-state index in [2.05, 4.69) is 12.1 Å². The number of aryl methyl sites for hydroxylation is 1. The van der Waals surface area contributed by atoms with Crippen molar-refractivity contribution in [1.29, 1.82) is 0 Å². The lowest BCUT2D eigenvalue weighted by Gasteiger charge is -2.36. The van der Waals surface area contributed by atoms with Crippen molar-refractivity contribution in [3.8, 4) is 0 Å². The van der Waals surface area contributed by atoms with Crippen LogP contribution in [0, 0.1) is 6.92 Å². The van der Waals surface area contributed by atoms with Crippen LogP contribution in [-0.2, 0) is 6.42 Å². The van der Waals surface area contributed by atoms with E-state index < -0.39 is 0 Å². The molecular weight excluding hydrogens is 260 g/mol. The Morgan fingerprint density at radius 1 is 1.19 bits per heavy atom. The molecule has 0 spiro atoms. The number of nitrogens with two attached hydrogens (primary N) is 1. The van der Waals surface area contributed by atoms with Gasteiger partial charge in [-0.15, -0.1) is 0 Å². The molecule has 1 atom stereocenters. The van der Waals surface area contributed by atoms with Gasteiger partial charge in [0.05, 0.1) is 6.04 Å². The summed E-state index contributed by atoms with van der Waals surface area (Å²) in [6.45, 7) is 3.20. The highest BCUT2D eigenvalue weighted by Crippen LogP contribution is 2.30. The van der Waals surface area contributed by atoms with Gasteiger partial charge < -0.3 is 10.6 Å². The normalized spacial score (nSPS) is 17.4. The van der Waals surface area contributed by atoms with Crippen molar-refractivity contribution in [2.45, 2.75) is 19.4 Å². The average molecular weight is 280 g/mol. The SMILES string of the molecule is Cc1ccc(C(=O)N2CCc3ccccc3C2CN)cc1. The lowest BCUT2D eigenvalue weighted by Crippen LogP contribution is -2.43. The van der Waals surface area contributed by atoms with Crippen molar-refractivity contribution in [2.24, 2.45) is 5.73 Å². The highest BCUT2D eigenvalue weighted by Gasteiger charge is 2.29. The maximum absolute atomic E-state index is 12.8. The molecule has 0 aliphatic carbocycles. The zero-order valence-corrected chi connectivity index (χ0v) is 12.3. The molecule has 0 radical (unpaired) electrons. The predicted octanol–water partition coefficient (Wildman–Crippen LogP) is 2.69. The van der Waals surface area contributed by atoms with Crippen molar-refractivity contribution >= 4 is 5.91 Å². The molecule has 0 aromatic heterocycles. The molecule has 2 N–H and O–H groups in total. The molecule has 1 amide bonds. The Balaban J connectivity index is 1.92. The number of benzene rings is 2. The van der Waals surface area contributed by atoms with E-state index in [9.17, 15) is 4.79 Å². The molecule has 0 fully saturated rings. The van der Waals surface area contributed by atoms with Crippen LogP contribution < -0.4 is 5.73 Å². The van der Waals surface area contributed by atoms with E-state index in [1.165, 1.54) is 11.1 Å². The van der Waals surface area contributed by atoms with Crippen LogP contribution in [0.2, 0.25) is 0 Å². The van der Waals surface area contributed by atoms with Gasteiger partial charge in [-0.2, -0.15) is 0 Å². The molecule has 108 valence electrons. The van der Waals surface area contributed by atoms with E-state index in [1.54, 1.807) is 0 Å². The van der Waals surface area contributed by atoms with E-state index in [4.69, 9.17) is 5.73 Å². The number of rotatable bonds is 2. The van der Waals surface area contributed by atoms with Gasteiger partial charge in [0.2, 0.25) is 0 Å². The molecule has 3 heteroatoms. The van der Waals surface area contributed by atoms with Crippen molar-refractivity contribution in [3.05, 3.63) is 70.8 Å². The Kier molecular flexibility index (Phi) is 3.76. The van der Waals surface area contributed by atoms with E-state index in [-0.39, 0.29) is 11.9 Å². The summed E-state index contributed by atoms with van der Waals surface area (Å²) >= 11 is 0. The quantitative estimate of drug-likeness (QED) is 0.919. The summed E-state index contributed by atoms with van der Waals surface area (Å²) in [4.78, 5) is 14.7. The summed E-state index contributed by atoms with van der Waals surface area (Å²) in [5.41, 5.74) is 10.3. The summed E-state index contributed by atoms with van der Waals surface area (Å²) < 4.78 is 0. The molecule has 1 aliphatic heterocycles. The van der Waals surface area contributed by atoms with Crippen LogP contribution in [0.1, 0.15) is 33.1 Å². The number of amides is 1. The van der Waals surface area contributed by atoms with Crippen molar-refractivity contribution in [3.63, 3.8) is 0 Å². The smallest absolute Gasteiger partial charge is 0.254 e. The second kappa shape index (κ2) is 5.70. The molecule has 1 aliphatic rings. The largest absolute Gasteiger partial charge is 0.330 e. The number of nitrogens with zero attached hydrogens (tertiary/aromatic N) is 1. The zero-order chi connectivity index (χ0) is 14.8. The second-order valence-corrected chi connectivity index (χ2v) is 5.56. The molecular formula is C18H20N2O. The Morgan fingerprint density at radius 3 is 2.62 bits per heavy atom. The standard InChI is InChI=1S/C18H20N2O/c1-13-6-8-15(9-7-13)18(21)20-11-10-14-4-2-3-5-16(14)17(20)12-19/h2-9,17H,10-12,19H2,1H3. The van der Waals surface area contributed by atoms with Crippen LogP contribution in [0.4, 0.5) is 0 Å². The third kappa shape index (κ3) is 2.57. The Labute approximate surface area is 125 Å². The third-order valence-electron chi connectivity index (χ3n) is 4.19. The van der Waals surface area contributed by atoms with E-state index in [0.29, 0.717) is 6.54 Å². The highest BCUT2D eigenvalue weighted by molar-refractivity contribution is 5.94. The lowest BCUT2D eigenvalue weighted by molar-refractivity contribution is 0.0668. The summed E-state index contributed by atoms with van der Waals surface area (Å²) in [7, 11) is 0. The monoisotopic (exact) mass is 280 g/mol. The summed E-state index contributed by atoms with van der Waals surface area (Å²) in [5.74, 6) is 0.0694. The van der Waals surface area contributed by atoms with Gasteiger partial charge in [0.25, 0.3) is 5.91 Å². The predicted molar refractivity (Wildman–Crippen MR) is 84.2 cm³/mol. The molecule has 3 nitrogen and oxygen atoms in total. The fraction of sp³-hybridized carbons (Fsp3) is 0.278. The third-order valence-corrected chi connectivity index (χ3v) is 4.19. The molecule has 1 heterocycles. The number of carbonyl (C=O) groups is 1. The number of carbonyl (C=O) groups excluding carboxylic acids is 1. The number of fused-ring (bicyclic) bond motifs is 1. The Morgan fingerprint density at radius 2 is 1.90 bits per heavy atom. The van der Waals surface area contributed by atoms with Crippen LogP contribution in [0.25, 0.3) is 0 Å². The van der Waals surface area contributed by atoms with E-state index in [1.807, 2.05) is 48.2 Å². The minimum absolute atomic E-state index is 0.0243. The van der Waals surface area contributed by atoms with E-state index >= 15 is 0 Å². The van der Waals surface area contributed by atoms with Gasteiger partial charge in [0, 0.05) is 18.7 Å². The zero-order valence-electron chi connectivity index (χ0n) is 12.3. The van der Waals surface area contributed by atoms with E-state index in [0.717, 1.165) is 24.1 Å². The van der Waals surface area contributed by atoms with Crippen molar-refractivity contribution < 1.29 is 4.79 Å². The molecule has 0 bridgehead atoms. The van der Waals surface area contributed by atoms with Crippen LogP contribution in [0.3, 0.4) is 0 Å². The van der Waals surface area contributed by atoms with Crippen molar-refractivity contribution in [2.75, 3.05) is 13.1 Å². The topological polar surface area (TPSA) is 46.3 Å². The maximum Gasteiger partial charge on any atom is 0.254 e. The minimum Gasteiger partial charge on any atom is -0.330 e. The summed E-state index contributed by atoms with van der Waals surface area (Å²) in [6, 6.07) is 16.0. The van der Waals surface area contributed by atoms with Gasteiger partial charge in [-0.25, -0.2) is 0 Å². The first kappa shape index (κ1) is 13.8. The number of hydrogen-bond donors (Lipinski definition) is 1. The maximum atomic E-state index is 12.8. The van der Waals surface area contributed by atoms with Gasteiger partial charge in [-0.3, -0.25) is 4.79 Å². The molecule has 1 unspecified atom stereocenters. The first-order valence-electron chi connectivity index (χ1n) is 7.36. The van der Waals surface area contributed by atoms with Crippen LogP contribution in [0.15, 0.2) is 48.5 Å². The molecule has 0 saturated heterocycles. The molecule has 2 aromatic rings. The van der Waals surface area contributed by atoms with Gasteiger partial charge in [-0.05, 0) is 36.6 Å². The highest BCUT2D eigenvalue weighted by atomic mass is 16.2. The molecule has 2 aromatic carbocycles. The molecule has 0 saturated carbocycles. The molecule has 21 heavy (non-hydrogen) atoms. The summed E-state index contributed by atoms with van der Waals surface area (Å²) in [5, 5.41) is 0. The summed E-state index contributed by atoms with van der Waals surface area (Å²) in [6.07, 6.45) is 0.893. The number of hydrogen-bond acceptors (Lipinski definition) is 2. The van der Waals surface area contributed by atoms with Gasteiger partial charge in [-0.1, -0.05) is 42.0 Å². The van der Waals surface area contributed by atoms with Crippen LogP contribution in [0.5, 0.6) is 0 Å². The molecule has 3 rings (SSSR count). The Hall–Kier alpha value is -2.13. The van der Waals surface area contributed by atoms with Crippen LogP contribution in [-0.4, -0.2) is 23.9 Å². The average Bonchev–Trinajstić information content (AvgIpc) is 2.53. The van der Waals surface area contributed by atoms with Gasteiger partial charge in [0.15, 0.2) is 0 Å². The second-order valence-electron chi connectivity index (χ2n) is 5.56. The lowest BCUT2D eigenvalue weighted by atomic mass is 9.92.